The Balaban J connectivity index is 0.000000317. The van der Waals surface area contributed by atoms with Gasteiger partial charge in [-0.2, -0.15) is 18.2 Å². The fourth-order valence-corrected chi connectivity index (χ4v) is 7.27. The quantitative estimate of drug-likeness (QED) is 0.198. The van der Waals surface area contributed by atoms with Gasteiger partial charge in [0.2, 0.25) is 0 Å². The zero-order valence-corrected chi connectivity index (χ0v) is 33.6. The first-order valence-electron chi connectivity index (χ1n) is 16.6. The minimum Gasteiger partial charge on any atom is -0.214 e. The van der Waals surface area contributed by atoms with Crippen molar-refractivity contribution in [2.24, 2.45) is 0 Å². The van der Waals surface area contributed by atoms with Gasteiger partial charge in [0.05, 0.1) is 0 Å². The van der Waals surface area contributed by atoms with Gasteiger partial charge >= 0.3 is 99.2 Å². The molecule has 0 aliphatic rings. The van der Waals surface area contributed by atoms with Gasteiger partial charge in [-0.1, -0.05) is 35.7 Å². The second-order valence-corrected chi connectivity index (χ2v) is 14.1. The van der Waals surface area contributed by atoms with Gasteiger partial charge in [0.25, 0.3) is 0 Å². The first kappa shape index (κ1) is 41.2. The van der Waals surface area contributed by atoms with E-state index in [1.54, 1.807) is 0 Å². The summed E-state index contributed by atoms with van der Waals surface area (Å²) in [6, 6.07) is 49.1. The van der Waals surface area contributed by atoms with E-state index in [1.165, 1.54) is 71.5 Å². The molecule has 48 heavy (non-hydrogen) atoms. The normalized spacial score (nSPS) is 10.6. The molecule has 0 amide bonds. The van der Waals surface area contributed by atoms with E-state index in [0.717, 1.165) is 0 Å². The number of hydrogen-bond acceptors (Lipinski definition) is 2. The predicted molar refractivity (Wildman–Crippen MR) is 201 cm³/mol. The second-order valence-electron chi connectivity index (χ2n) is 12.9. The average Bonchev–Trinajstić information content (AvgIpc) is 3.74. The van der Waals surface area contributed by atoms with Crippen LogP contribution in [0.3, 0.4) is 0 Å². The van der Waals surface area contributed by atoms with Crippen LogP contribution < -0.4 is 34.6 Å². The van der Waals surface area contributed by atoms with Crippen LogP contribution in [0.25, 0.3) is 21.5 Å². The molecular formula is C43H50Cl2N2Zr-2. The SMILES string of the molecule is CC(C)N(c1ccc2c(c1)[cH-]c1cccc(N(C(C)C)C(C)C)c12)C(C)C.[Cl-].[Cl-].[Zr+2]=[C](c1ccccc1)c1ccccc1.c1cc[cH-]c1. The van der Waals surface area contributed by atoms with E-state index in [1.807, 2.05) is 30.3 Å². The first-order valence-corrected chi connectivity index (χ1v) is 17.9. The number of rotatable bonds is 8. The summed E-state index contributed by atoms with van der Waals surface area (Å²) in [5.74, 6) is 0. The maximum atomic E-state index is 2.53. The topological polar surface area (TPSA) is 6.48 Å². The minimum atomic E-state index is 0. The smallest absolute Gasteiger partial charge is 0.172 e. The summed E-state index contributed by atoms with van der Waals surface area (Å²) >= 11 is 1.46. The third-order valence-electron chi connectivity index (χ3n) is 8.17. The van der Waals surface area contributed by atoms with Crippen molar-refractivity contribution in [1.82, 2.24) is 0 Å². The van der Waals surface area contributed by atoms with E-state index in [-0.39, 0.29) is 24.8 Å². The Morgan fingerprint density at radius 1 is 0.542 bits per heavy atom. The van der Waals surface area contributed by atoms with Crippen LogP contribution in [0, 0.1) is 0 Å². The molecule has 0 fully saturated rings. The molecule has 0 aromatic heterocycles. The van der Waals surface area contributed by atoms with Gasteiger partial charge < -0.3 is 34.6 Å². The molecule has 0 bridgehead atoms. The number of hydrogen-bond donors (Lipinski definition) is 0. The number of fused-ring (bicyclic) bond motifs is 3. The van der Waals surface area contributed by atoms with E-state index < -0.39 is 0 Å². The molecule has 2 nitrogen and oxygen atoms in total. The summed E-state index contributed by atoms with van der Waals surface area (Å²) in [6.45, 7) is 18.2. The first-order chi connectivity index (χ1) is 22.1. The van der Waals surface area contributed by atoms with Crippen LogP contribution in [0.1, 0.15) is 66.5 Å². The van der Waals surface area contributed by atoms with Crippen LogP contribution >= 0.6 is 0 Å². The second kappa shape index (κ2) is 19.9. The van der Waals surface area contributed by atoms with Crippen molar-refractivity contribution < 1.29 is 49.0 Å². The Morgan fingerprint density at radius 3 is 1.48 bits per heavy atom. The number of halogens is 2. The van der Waals surface area contributed by atoms with Crippen molar-refractivity contribution in [3.8, 4) is 0 Å². The zero-order chi connectivity index (χ0) is 33.2. The molecular weight excluding hydrogens is 707 g/mol. The van der Waals surface area contributed by atoms with Gasteiger partial charge in [0, 0.05) is 35.5 Å². The molecule has 0 unspecified atom stereocenters. The zero-order valence-electron chi connectivity index (χ0n) is 29.7. The van der Waals surface area contributed by atoms with E-state index in [0.29, 0.717) is 24.2 Å². The van der Waals surface area contributed by atoms with Crippen LogP contribution in [0.2, 0.25) is 0 Å². The molecule has 0 aliphatic heterocycles. The van der Waals surface area contributed by atoms with E-state index >= 15 is 0 Å². The van der Waals surface area contributed by atoms with Crippen LogP contribution in [0.4, 0.5) is 11.4 Å². The Morgan fingerprint density at radius 2 is 1.04 bits per heavy atom. The Kier molecular flexibility index (Phi) is 17.1. The molecule has 0 spiro atoms. The van der Waals surface area contributed by atoms with Gasteiger partial charge in [0.1, 0.15) is 0 Å². The van der Waals surface area contributed by atoms with E-state index in [4.69, 9.17) is 0 Å². The molecule has 0 saturated heterocycles. The van der Waals surface area contributed by atoms with Crippen LogP contribution in [-0.4, -0.2) is 27.4 Å². The number of nitrogens with zero attached hydrogens (tertiary/aromatic N) is 2. The van der Waals surface area contributed by atoms with E-state index in [2.05, 4.69) is 168 Å². The Hall–Kier alpha value is -2.97. The van der Waals surface area contributed by atoms with Crippen molar-refractivity contribution in [2.45, 2.75) is 79.6 Å². The molecule has 0 radical (unpaired) electrons. The number of anilines is 2. The molecule has 5 heteroatoms. The molecule has 0 heterocycles. The molecule has 6 aromatic rings. The van der Waals surface area contributed by atoms with Crippen LogP contribution in [-0.2, 0) is 24.2 Å². The molecule has 0 N–H and O–H groups in total. The fourth-order valence-electron chi connectivity index (χ4n) is 6.45. The van der Waals surface area contributed by atoms with Gasteiger partial charge in [-0.15, -0.1) is 28.3 Å². The summed E-state index contributed by atoms with van der Waals surface area (Å²) in [7, 11) is 0. The summed E-state index contributed by atoms with van der Waals surface area (Å²) in [5.41, 5.74) is 5.33. The summed E-state index contributed by atoms with van der Waals surface area (Å²) in [6.07, 6.45) is 0. The molecule has 6 aromatic carbocycles. The largest absolute Gasteiger partial charge is 0.214 e. The minimum absolute atomic E-state index is 0. The Bertz CT molecular complexity index is 1700. The average molecular weight is 757 g/mol. The van der Waals surface area contributed by atoms with Gasteiger partial charge in [-0.05, 0) is 55.4 Å². The van der Waals surface area contributed by atoms with Crippen molar-refractivity contribution in [1.29, 1.82) is 0 Å². The predicted octanol–water partition coefficient (Wildman–Crippen LogP) is 5.17. The maximum absolute atomic E-state index is 2.53. The van der Waals surface area contributed by atoms with Crippen molar-refractivity contribution in [2.75, 3.05) is 9.80 Å². The summed E-state index contributed by atoms with van der Waals surface area (Å²) < 4.78 is 1.42. The molecule has 0 aliphatic carbocycles. The molecule has 0 atom stereocenters. The molecule has 6 rings (SSSR count). The van der Waals surface area contributed by atoms with Crippen molar-refractivity contribution in [3.05, 3.63) is 145 Å². The number of benzene rings is 4. The summed E-state index contributed by atoms with van der Waals surface area (Å²) in [5, 5.41) is 5.44. The maximum Gasteiger partial charge on any atom is -0.172 e. The summed E-state index contributed by atoms with van der Waals surface area (Å²) in [4.78, 5) is 5.02. The third kappa shape index (κ3) is 10.5. The monoisotopic (exact) mass is 754 g/mol. The van der Waals surface area contributed by atoms with Crippen molar-refractivity contribution in [3.63, 3.8) is 0 Å². The van der Waals surface area contributed by atoms with Crippen molar-refractivity contribution >= 4 is 36.1 Å². The fraction of sp³-hybridized carbons (Fsp3) is 0.279. The van der Waals surface area contributed by atoms with Crippen LogP contribution in [0.15, 0.2) is 133 Å². The van der Waals surface area contributed by atoms with Gasteiger partial charge in [0.15, 0.2) is 0 Å². The molecule has 252 valence electrons. The standard InChI is InChI=1S/C25H35N2.C13H10.C5H5.2ClH.Zr/c1-16(2)26(17(3)4)22-12-13-23-21(15-22)14-20-10-9-11-24(25(20)23)27(18(5)6)19(7)8;1-3-7-12(8-4-1)11-13-9-5-2-6-10-13;1-2-4-5-3-1;;;/h9-19H,1-8H3;1-10H;1-5H;2*1H;/q-1;;-1;;;+2/p-2. The van der Waals surface area contributed by atoms with E-state index in [9.17, 15) is 0 Å². The van der Waals surface area contributed by atoms with Gasteiger partial charge in [-0.25, -0.2) is 12.1 Å². The molecule has 0 saturated carbocycles. The Labute approximate surface area is 317 Å². The third-order valence-corrected chi connectivity index (χ3v) is 9.59. The van der Waals surface area contributed by atoms with Crippen LogP contribution in [0.5, 0.6) is 0 Å². The van der Waals surface area contributed by atoms with Gasteiger partial charge in [-0.3, -0.25) is 0 Å².